The van der Waals surface area contributed by atoms with Gasteiger partial charge in [0.25, 0.3) is 0 Å². The number of carbonyl (C=O) groups is 2. The minimum absolute atomic E-state index is 0.000169. The van der Waals surface area contributed by atoms with Crippen LogP contribution in [0.2, 0.25) is 5.02 Å². The van der Waals surface area contributed by atoms with Crippen molar-refractivity contribution in [2.75, 3.05) is 20.3 Å². The Morgan fingerprint density at radius 2 is 1.79 bits per heavy atom. The van der Waals surface area contributed by atoms with E-state index in [4.69, 9.17) is 37.1 Å². The van der Waals surface area contributed by atoms with Crippen molar-refractivity contribution in [1.82, 2.24) is 10.2 Å². The topological polar surface area (TPSA) is 179 Å². The lowest BCUT2D eigenvalue weighted by molar-refractivity contribution is -0.202. The van der Waals surface area contributed by atoms with Crippen molar-refractivity contribution in [3.63, 3.8) is 0 Å². The third-order valence-corrected chi connectivity index (χ3v) is 6.35. The van der Waals surface area contributed by atoms with Crippen molar-refractivity contribution >= 4 is 39.5 Å². The molecule has 0 heterocycles. The SMILES string of the molecule is COc1ccc(Cl)cc1S(=O)(=O)N[C@@H](Cc1ccc(OCCCONC(=N)N)cc1)C(=O)OC(=O)C(F)(F)F. The lowest BCUT2D eigenvalue weighted by Gasteiger charge is -2.19. The summed E-state index contributed by atoms with van der Waals surface area (Å²) < 4.78 is 80.3. The van der Waals surface area contributed by atoms with E-state index in [0.717, 1.165) is 6.07 Å². The van der Waals surface area contributed by atoms with Crippen molar-refractivity contribution < 1.29 is 50.2 Å². The van der Waals surface area contributed by atoms with Crippen molar-refractivity contribution in [2.45, 2.75) is 30.0 Å². The van der Waals surface area contributed by atoms with E-state index in [1.165, 1.54) is 43.5 Å². The fourth-order valence-electron chi connectivity index (χ4n) is 2.91. The summed E-state index contributed by atoms with van der Waals surface area (Å²) in [6.07, 6.45) is -5.55. The quantitative estimate of drug-likeness (QED) is 0.0667. The van der Waals surface area contributed by atoms with E-state index in [1.807, 2.05) is 4.72 Å². The monoisotopic (exact) mass is 596 g/mol. The standard InChI is InChI=1S/C22H24ClF3N4O8S/c1-35-17-8-5-14(23)12-18(17)39(33,34)30-16(19(31)38-20(32)22(24,25)26)11-13-3-6-15(7-4-13)36-9-2-10-37-29-21(27)28/h3-8,12,16,30H,2,9-11H2,1H3,(H4,27,28,29)/t16-/m0/s1. The molecule has 2 rings (SSSR count). The summed E-state index contributed by atoms with van der Waals surface area (Å²) >= 11 is 5.87. The van der Waals surface area contributed by atoms with E-state index in [2.05, 4.69) is 10.2 Å². The minimum Gasteiger partial charge on any atom is -0.495 e. The number of benzene rings is 2. The highest BCUT2D eigenvalue weighted by Crippen LogP contribution is 2.27. The van der Waals surface area contributed by atoms with Crippen LogP contribution in [0.4, 0.5) is 13.2 Å². The molecule has 5 N–H and O–H groups in total. The molecule has 0 bridgehead atoms. The molecule has 2 aromatic carbocycles. The highest BCUT2D eigenvalue weighted by atomic mass is 35.5. The number of carbonyl (C=O) groups excluding carboxylic acids is 2. The molecule has 0 saturated carbocycles. The first-order valence-electron chi connectivity index (χ1n) is 10.8. The Morgan fingerprint density at radius 3 is 2.38 bits per heavy atom. The van der Waals surface area contributed by atoms with Gasteiger partial charge >= 0.3 is 18.1 Å². The third-order valence-electron chi connectivity index (χ3n) is 4.63. The van der Waals surface area contributed by atoms with E-state index in [1.54, 1.807) is 0 Å². The number of halogens is 4. The number of sulfonamides is 1. The third kappa shape index (κ3) is 10.2. The van der Waals surface area contributed by atoms with Gasteiger partial charge in [0, 0.05) is 11.4 Å². The first-order valence-corrected chi connectivity index (χ1v) is 12.7. The van der Waals surface area contributed by atoms with Crippen LogP contribution in [0.1, 0.15) is 12.0 Å². The van der Waals surface area contributed by atoms with E-state index >= 15 is 0 Å². The van der Waals surface area contributed by atoms with E-state index in [9.17, 15) is 31.2 Å². The van der Waals surface area contributed by atoms with Crippen LogP contribution in [0, 0.1) is 5.41 Å². The highest BCUT2D eigenvalue weighted by Gasteiger charge is 2.44. The average Bonchev–Trinajstić information content (AvgIpc) is 2.85. The number of methoxy groups -OCH3 is 1. The molecule has 12 nitrogen and oxygen atoms in total. The van der Waals surface area contributed by atoms with Crippen molar-refractivity contribution in [3.05, 3.63) is 53.1 Å². The maximum atomic E-state index is 13.0. The predicted molar refractivity (Wildman–Crippen MR) is 131 cm³/mol. The number of esters is 2. The Hall–Kier alpha value is -3.60. The van der Waals surface area contributed by atoms with Gasteiger partial charge in [0.1, 0.15) is 22.4 Å². The van der Waals surface area contributed by atoms with Crippen LogP contribution >= 0.6 is 11.6 Å². The zero-order chi connectivity index (χ0) is 29.2. The normalized spacial score (nSPS) is 12.3. The van der Waals surface area contributed by atoms with Gasteiger partial charge in [0.2, 0.25) is 16.0 Å². The Bertz CT molecular complexity index is 1280. The molecule has 0 aliphatic heterocycles. The molecule has 0 amide bonds. The molecule has 0 fully saturated rings. The molecule has 2 aromatic rings. The van der Waals surface area contributed by atoms with E-state index in [0.29, 0.717) is 17.7 Å². The predicted octanol–water partition coefficient (Wildman–Crippen LogP) is 2.05. The second-order valence-electron chi connectivity index (χ2n) is 7.59. The van der Waals surface area contributed by atoms with Crippen LogP contribution in [-0.4, -0.2) is 58.9 Å². The van der Waals surface area contributed by atoms with Gasteiger partial charge in [-0.25, -0.2) is 23.5 Å². The number of nitrogens with one attached hydrogen (secondary N) is 3. The van der Waals surface area contributed by atoms with Crippen LogP contribution in [-0.2, 0) is 35.6 Å². The summed E-state index contributed by atoms with van der Waals surface area (Å²) in [6.45, 7) is 0.407. The first kappa shape index (κ1) is 31.6. The molecule has 0 aromatic heterocycles. The van der Waals surface area contributed by atoms with Crippen molar-refractivity contribution in [3.8, 4) is 11.5 Å². The number of nitrogens with two attached hydrogens (primary N) is 1. The Kier molecular flexibility index (Phi) is 11.3. The Labute approximate surface area is 226 Å². The Balaban J connectivity index is 2.19. The van der Waals surface area contributed by atoms with Crippen LogP contribution in [0.15, 0.2) is 47.4 Å². The summed E-state index contributed by atoms with van der Waals surface area (Å²) in [5, 5.41) is 6.95. The molecule has 0 radical (unpaired) electrons. The number of hydrogen-bond donors (Lipinski definition) is 4. The fraction of sp³-hybridized carbons (Fsp3) is 0.318. The molecule has 214 valence electrons. The molecule has 0 saturated heterocycles. The largest absolute Gasteiger partial charge is 0.495 e. The van der Waals surface area contributed by atoms with Gasteiger partial charge in [0.15, 0.2) is 0 Å². The second kappa shape index (κ2) is 14.0. The summed E-state index contributed by atoms with van der Waals surface area (Å²) in [4.78, 5) is 28.1. The van der Waals surface area contributed by atoms with Crippen LogP contribution < -0.4 is 25.4 Å². The lowest BCUT2D eigenvalue weighted by Crippen LogP contribution is -2.45. The molecule has 0 aliphatic rings. The second-order valence-corrected chi connectivity index (χ2v) is 9.71. The molecular weight excluding hydrogens is 573 g/mol. The minimum atomic E-state index is -5.48. The zero-order valence-electron chi connectivity index (χ0n) is 20.2. The fourth-order valence-corrected chi connectivity index (χ4v) is 4.53. The average molecular weight is 597 g/mol. The molecule has 17 heteroatoms. The molecule has 1 atom stereocenters. The van der Waals surface area contributed by atoms with Gasteiger partial charge in [-0.15, -0.1) is 0 Å². The maximum absolute atomic E-state index is 13.0. The summed E-state index contributed by atoms with van der Waals surface area (Å²) in [7, 11) is -3.43. The van der Waals surface area contributed by atoms with Crippen LogP contribution in [0.5, 0.6) is 11.5 Å². The summed E-state index contributed by atoms with van der Waals surface area (Å²) in [5.41, 5.74) is 7.51. The number of rotatable bonds is 13. The summed E-state index contributed by atoms with van der Waals surface area (Å²) in [5.74, 6) is -4.71. The van der Waals surface area contributed by atoms with Crippen molar-refractivity contribution in [1.29, 1.82) is 5.41 Å². The highest BCUT2D eigenvalue weighted by molar-refractivity contribution is 7.89. The number of hydroxylamine groups is 1. The zero-order valence-corrected chi connectivity index (χ0v) is 21.8. The lowest BCUT2D eigenvalue weighted by atomic mass is 10.1. The molecule has 0 spiro atoms. The van der Waals surface area contributed by atoms with Gasteiger partial charge in [-0.3, -0.25) is 10.2 Å². The maximum Gasteiger partial charge on any atom is 0.491 e. The Morgan fingerprint density at radius 1 is 1.13 bits per heavy atom. The van der Waals surface area contributed by atoms with Gasteiger partial charge in [-0.05, 0) is 42.3 Å². The number of guanidine groups is 1. The van der Waals surface area contributed by atoms with Gasteiger partial charge < -0.3 is 19.9 Å². The van der Waals surface area contributed by atoms with Gasteiger partial charge in [-0.1, -0.05) is 23.7 Å². The van der Waals surface area contributed by atoms with Gasteiger partial charge in [-0.2, -0.15) is 17.9 Å². The van der Waals surface area contributed by atoms with E-state index in [-0.39, 0.29) is 29.9 Å². The molecule has 0 unspecified atom stereocenters. The molecular formula is C22H24ClF3N4O8S. The number of alkyl halides is 3. The molecule has 0 aliphatic carbocycles. The smallest absolute Gasteiger partial charge is 0.491 e. The van der Waals surface area contributed by atoms with Crippen LogP contribution in [0.3, 0.4) is 0 Å². The van der Waals surface area contributed by atoms with Crippen molar-refractivity contribution in [2.24, 2.45) is 5.73 Å². The van der Waals surface area contributed by atoms with Crippen LogP contribution in [0.25, 0.3) is 0 Å². The first-order chi connectivity index (χ1) is 18.2. The van der Waals surface area contributed by atoms with Gasteiger partial charge in [0.05, 0.1) is 20.3 Å². The van der Waals surface area contributed by atoms with E-state index < -0.39 is 45.5 Å². The number of ether oxygens (including phenoxy) is 3. The number of hydrogen-bond acceptors (Lipinski definition) is 9. The molecule has 39 heavy (non-hydrogen) atoms. The summed E-state index contributed by atoms with van der Waals surface area (Å²) in [6, 6.07) is 7.47.